The zero-order valence-electron chi connectivity index (χ0n) is 21.2. The summed E-state index contributed by atoms with van der Waals surface area (Å²) in [7, 11) is 0. The van der Waals surface area contributed by atoms with Crippen LogP contribution in [0.15, 0.2) is 18.3 Å². The number of ether oxygens (including phenoxy) is 2. The van der Waals surface area contributed by atoms with Crippen LogP contribution in [-0.2, 0) is 4.79 Å². The molecule has 0 N–H and O–H groups in total. The van der Waals surface area contributed by atoms with Crippen molar-refractivity contribution in [3.63, 3.8) is 0 Å². The second-order valence-electron chi connectivity index (χ2n) is 10.6. The minimum atomic E-state index is -0.0868. The highest BCUT2D eigenvalue weighted by molar-refractivity contribution is 5.75. The highest BCUT2D eigenvalue weighted by atomic mass is 16.5. The fourth-order valence-electron chi connectivity index (χ4n) is 5.68. The first kappa shape index (κ1) is 26.0. The van der Waals surface area contributed by atoms with E-state index >= 15 is 0 Å². The van der Waals surface area contributed by atoms with Gasteiger partial charge in [-0.3, -0.25) is 4.79 Å². The van der Waals surface area contributed by atoms with Gasteiger partial charge in [0.25, 0.3) is 0 Å². The minimum absolute atomic E-state index is 0.0419. The average Bonchev–Trinajstić information content (AvgIpc) is 2.85. The van der Waals surface area contributed by atoms with Crippen molar-refractivity contribution in [2.24, 2.45) is 23.7 Å². The predicted octanol–water partition coefficient (Wildman–Crippen LogP) is 8.14. The summed E-state index contributed by atoms with van der Waals surface area (Å²) in [4.78, 5) is 16.9. The molecule has 2 fully saturated rings. The van der Waals surface area contributed by atoms with Crippen LogP contribution in [-0.4, -0.2) is 17.6 Å². The average molecular weight is 458 g/mol. The van der Waals surface area contributed by atoms with Crippen molar-refractivity contribution < 1.29 is 14.3 Å². The molecule has 1 heterocycles. The molecule has 0 saturated heterocycles. The fraction of sp³-hybridized carbons (Fsp3) is 0.793. The lowest BCUT2D eigenvalue weighted by atomic mass is 9.75. The van der Waals surface area contributed by atoms with Crippen LogP contribution in [0.25, 0.3) is 0 Å². The molecule has 1 aromatic rings. The molecule has 0 aliphatic heterocycles. The zero-order chi connectivity index (χ0) is 23.3. The van der Waals surface area contributed by atoms with Crippen LogP contribution < -0.4 is 9.47 Å². The van der Waals surface area contributed by atoms with E-state index in [0.717, 1.165) is 43.4 Å². The predicted molar refractivity (Wildman–Crippen MR) is 135 cm³/mol. The molecular formula is C29H47NO3. The highest BCUT2D eigenvalue weighted by Crippen LogP contribution is 2.38. The van der Waals surface area contributed by atoms with Gasteiger partial charge in [-0.1, -0.05) is 84.5 Å². The van der Waals surface area contributed by atoms with Crippen molar-refractivity contribution >= 4 is 5.97 Å². The molecule has 0 spiro atoms. The van der Waals surface area contributed by atoms with Crippen molar-refractivity contribution in [1.29, 1.82) is 0 Å². The van der Waals surface area contributed by atoms with Gasteiger partial charge in [-0.25, -0.2) is 4.98 Å². The second kappa shape index (κ2) is 14.6. The monoisotopic (exact) mass is 457 g/mol. The molecule has 3 rings (SSSR count). The van der Waals surface area contributed by atoms with Gasteiger partial charge in [0.1, 0.15) is 5.75 Å². The Balaban J connectivity index is 1.28. The van der Waals surface area contributed by atoms with Crippen molar-refractivity contribution in [3.05, 3.63) is 18.3 Å². The first-order chi connectivity index (χ1) is 16.2. The van der Waals surface area contributed by atoms with E-state index in [9.17, 15) is 4.79 Å². The standard InChI is InChI=1S/C29H47NO3/c1-3-5-7-8-23-9-11-24(12-10-23)13-14-25-15-17-26(18-16-25)29(31)33-27-19-20-28(30-22-27)32-21-6-4-2/h19-20,22-26H,3-18,21H2,1-2H3. The van der Waals surface area contributed by atoms with Crippen LogP contribution in [0.5, 0.6) is 11.6 Å². The van der Waals surface area contributed by atoms with Gasteiger partial charge in [0, 0.05) is 6.07 Å². The SMILES string of the molecule is CCCCCC1CCC(CCC2CCC(C(=O)Oc3ccc(OCCCC)nc3)CC2)CC1. The highest BCUT2D eigenvalue weighted by Gasteiger charge is 2.29. The Morgan fingerprint density at radius 1 is 0.818 bits per heavy atom. The maximum Gasteiger partial charge on any atom is 0.314 e. The maximum atomic E-state index is 12.6. The molecule has 0 radical (unpaired) electrons. The lowest BCUT2D eigenvalue weighted by Gasteiger charge is -2.31. The largest absolute Gasteiger partial charge is 0.478 e. The summed E-state index contributed by atoms with van der Waals surface area (Å²) in [5.74, 6) is 3.84. The number of carbonyl (C=O) groups excluding carboxylic acids is 1. The van der Waals surface area contributed by atoms with Crippen LogP contribution in [0.2, 0.25) is 0 Å². The molecule has 1 aromatic heterocycles. The van der Waals surface area contributed by atoms with Crippen molar-refractivity contribution in [3.8, 4) is 11.6 Å². The normalized spacial score (nSPS) is 25.5. The Morgan fingerprint density at radius 3 is 2.00 bits per heavy atom. The van der Waals surface area contributed by atoms with Gasteiger partial charge in [-0.05, 0) is 55.9 Å². The number of nitrogens with zero attached hydrogens (tertiary/aromatic N) is 1. The van der Waals surface area contributed by atoms with Gasteiger partial charge >= 0.3 is 5.97 Å². The Morgan fingerprint density at radius 2 is 1.42 bits per heavy atom. The molecular weight excluding hydrogens is 410 g/mol. The molecule has 0 unspecified atom stereocenters. The van der Waals surface area contributed by atoms with Crippen LogP contribution in [0, 0.1) is 23.7 Å². The third-order valence-corrected chi connectivity index (χ3v) is 8.02. The number of hydrogen-bond donors (Lipinski definition) is 0. The van der Waals surface area contributed by atoms with Crippen LogP contribution >= 0.6 is 0 Å². The summed E-state index contributed by atoms with van der Waals surface area (Å²) >= 11 is 0. The van der Waals surface area contributed by atoms with Crippen LogP contribution in [0.3, 0.4) is 0 Å². The van der Waals surface area contributed by atoms with Gasteiger partial charge in [0.05, 0.1) is 18.7 Å². The summed E-state index contributed by atoms with van der Waals surface area (Å²) in [6.45, 7) is 5.11. The summed E-state index contributed by atoms with van der Waals surface area (Å²) in [6.07, 6.45) is 22.3. The number of carbonyl (C=O) groups is 1. The molecule has 0 atom stereocenters. The van der Waals surface area contributed by atoms with Crippen LogP contribution in [0.1, 0.15) is 117 Å². The fourth-order valence-corrected chi connectivity index (χ4v) is 5.68. The number of esters is 1. The third kappa shape index (κ3) is 9.29. The molecule has 0 bridgehead atoms. The van der Waals surface area contributed by atoms with Gasteiger partial charge < -0.3 is 9.47 Å². The van der Waals surface area contributed by atoms with E-state index in [1.165, 1.54) is 77.0 Å². The lowest BCUT2D eigenvalue weighted by Crippen LogP contribution is -2.26. The van der Waals surface area contributed by atoms with E-state index in [0.29, 0.717) is 18.2 Å². The van der Waals surface area contributed by atoms with E-state index in [4.69, 9.17) is 9.47 Å². The Bertz CT molecular complexity index is 658. The second-order valence-corrected chi connectivity index (χ2v) is 10.6. The first-order valence-electron chi connectivity index (χ1n) is 14.0. The smallest absolute Gasteiger partial charge is 0.314 e. The van der Waals surface area contributed by atoms with E-state index in [2.05, 4.69) is 18.8 Å². The molecule has 186 valence electrons. The van der Waals surface area contributed by atoms with E-state index in [1.807, 2.05) is 0 Å². The van der Waals surface area contributed by atoms with Crippen molar-refractivity contribution in [2.45, 2.75) is 117 Å². The maximum absolute atomic E-state index is 12.6. The molecule has 2 saturated carbocycles. The third-order valence-electron chi connectivity index (χ3n) is 8.02. The molecule has 33 heavy (non-hydrogen) atoms. The Labute approximate surface area is 202 Å². The van der Waals surface area contributed by atoms with Crippen molar-refractivity contribution in [2.75, 3.05) is 6.61 Å². The summed E-state index contributed by atoms with van der Waals surface area (Å²) in [5, 5.41) is 0. The number of aromatic nitrogens is 1. The zero-order valence-corrected chi connectivity index (χ0v) is 21.2. The van der Waals surface area contributed by atoms with E-state index < -0.39 is 0 Å². The van der Waals surface area contributed by atoms with Crippen molar-refractivity contribution in [1.82, 2.24) is 4.98 Å². The van der Waals surface area contributed by atoms with E-state index in [1.54, 1.807) is 18.3 Å². The Kier molecular flexibility index (Phi) is 11.5. The first-order valence-corrected chi connectivity index (χ1v) is 14.0. The summed E-state index contributed by atoms with van der Waals surface area (Å²) in [5.41, 5.74) is 0. The molecule has 2 aliphatic rings. The summed E-state index contributed by atoms with van der Waals surface area (Å²) < 4.78 is 11.2. The molecule has 0 aromatic carbocycles. The molecule has 4 nitrogen and oxygen atoms in total. The number of unbranched alkanes of at least 4 members (excludes halogenated alkanes) is 3. The molecule has 4 heteroatoms. The van der Waals surface area contributed by atoms with Gasteiger partial charge in [0.15, 0.2) is 0 Å². The van der Waals surface area contributed by atoms with Gasteiger partial charge in [-0.15, -0.1) is 0 Å². The quantitative estimate of drug-likeness (QED) is 0.221. The van der Waals surface area contributed by atoms with Crippen LogP contribution in [0.4, 0.5) is 0 Å². The number of hydrogen-bond acceptors (Lipinski definition) is 4. The van der Waals surface area contributed by atoms with Gasteiger partial charge in [0.2, 0.25) is 5.88 Å². The molecule has 2 aliphatic carbocycles. The Hall–Kier alpha value is -1.58. The van der Waals surface area contributed by atoms with E-state index in [-0.39, 0.29) is 11.9 Å². The number of pyridine rings is 1. The number of rotatable bonds is 13. The van der Waals surface area contributed by atoms with Gasteiger partial charge in [-0.2, -0.15) is 0 Å². The summed E-state index contributed by atoms with van der Waals surface area (Å²) in [6, 6.07) is 3.57. The lowest BCUT2D eigenvalue weighted by molar-refractivity contribution is -0.140. The molecule has 0 amide bonds. The topological polar surface area (TPSA) is 48.4 Å². The minimum Gasteiger partial charge on any atom is -0.478 e.